The summed E-state index contributed by atoms with van der Waals surface area (Å²) in [6, 6.07) is 0. The standard InChI is InChI=1S/2C2H2N2S2.2Na/c2*3-1-6-2(4)5;;/h2*(H2,4,5);;/q;;2*+1/p-2. The van der Waals surface area contributed by atoms with Gasteiger partial charge in [-0.15, -0.1) is 0 Å². The molecule has 0 aromatic rings. The molecule has 0 rings (SSSR count). The summed E-state index contributed by atoms with van der Waals surface area (Å²) in [5.74, 6) is 0. The monoisotopic (exact) mass is 280 g/mol. The van der Waals surface area contributed by atoms with Gasteiger partial charge in [0, 0.05) is 0 Å². The Morgan fingerprint density at radius 3 is 1.14 bits per heavy atom. The van der Waals surface area contributed by atoms with Crippen molar-refractivity contribution in [2.24, 2.45) is 0 Å². The Morgan fingerprint density at radius 2 is 1.14 bits per heavy atom. The molecule has 0 heterocycles. The van der Waals surface area contributed by atoms with Gasteiger partial charge in [0.2, 0.25) is 0 Å². The smallest absolute Gasteiger partial charge is 0.753 e. The third-order valence-electron chi connectivity index (χ3n) is 0.277. The second-order valence-corrected chi connectivity index (χ2v) is 3.88. The van der Waals surface area contributed by atoms with Crippen LogP contribution in [0.4, 0.5) is 0 Å². The van der Waals surface area contributed by atoms with Gasteiger partial charge in [0.15, 0.2) is 0 Å². The SMILES string of the molecule is N#CSC(=N)[S-].N#CSC(=N)[S-].[Na+].[Na+]. The molecule has 0 aliphatic heterocycles. The maximum absolute atomic E-state index is 7.74. The maximum Gasteiger partial charge on any atom is 1.00 e. The summed E-state index contributed by atoms with van der Waals surface area (Å²) in [4.78, 5) is 0. The van der Waals surface area contributed by atoms with Gasteiger partial charge in [-0.3, -0.25) is 0 Å². The first-order valence-electron chi connectivity index (χ1n) is 2.17. The Kier molecular flexibility index (Phi) is 35.1. The largest absolute Gasteiger partial charge is 1.00 e. The van der Waals surface area contributed by atoms with E-state index in [0.717, 1.165) is 0 Å². The van der Waals surface area contributed by atoms with E-state index in [0.29, 0.717) is 23.5 Å². The summed E-state index contributed by atoms with van der Waals surface area (Å²) in [7, 11) is 0. The first-order chi connectivity index (χ1) is 5.54. The van der Waals surface area contributed by atoms with Crippen LogP contribution < -0.4 is 59.1 Å². The number of hydrogen-bond donors (Lipinski definition) is 2. The Morgan fingerprint density at radius 1 is 0.929 bits per heavy atom. The van der Waals surface area contributed by atoms with Gasteiger partial charge in [0.25, 0.3) is 0 Å². The number of nitriles is 2. The van der Waals surface area contributed by atoms with Crippen LogP contribution in [0.25, 0.3) is 0 Å². The van der Waals surface area contributed by atoms with Crippen LogP contribution in [-0.2, 0) is 25.3 Å². The summed E-state index contributed by atoms with van der Waals surface area (Å²) in [6.45, 7) is 0. The molecule has 0 aromatic carbocycles. The fourth-order valence-corrected chi connectivity index (χ4v) is 0.472. The number of nitrogens with zero attached hydrogens (tertiary/aromatic N) is 2. The Labute approximate surface area is 146 Å². The number of rotatable bonds is 0. The summed E-state index contributed by atoms with van der Waals surface area (Å²) < 4.78 is -0.144. The van der Waals surface area contributed by atoms with Crippen LogP contribution in [0.1, 0.15) is 0 Å². The van der Waals surface area contributed by atoms with Crippen molar-refractivity contribution in [3.63, 3.8) is 0 Å². The van der Waals surface area contributed by atoms with Crippen LogP contribution in [0, 0.1) is 32.1 Å². The number of hydrogen-bond acceptors (Lipinski definition) is 8. The minimum Gasteiger partial charge on any atom is -0.753 e. The van der Waals surface area contributed by atoms with Gasteiger partial charge < -0.3 is 36.1 Å². The number of thioether (sulfide) groups is 2. The van der Waals surface area contributed by atoms with Gasteiger partial charge in [0.05, 0.1) is 0 Å². The molecular formula is C4H2N4Na2S4. The van der Waals surface area contributed by atoms with Crippen molar-refractivity contribution >= 4 is 57.5 Å². The molecule has 64 valence electrons. The molecule has 0 aromatic heterocycles. The van der Waals surface area contributed by atoms with Gasteiger partial charge >= 0.3 is 59.1 Å². The molecule has 0 spiro atoms. The maximum atomic E-state index is 7.74. The zero-order chi connectivity index (χ0) is 9.98. The average molecular weight is 280 g/mol. The van der Waals surface area contributed by atoms with E-state index >= 15 is 0 Å². The Hall–Kier alpha value is 1.46. The van der Waals surface area contributed by atoms with E-state index in [4.69, 9.17) is 21.3 Å². The molecule has 14 heavy (non-hydrogen) atoms. The number of thiocyanates is 2. The van der Waals surface area contributed by atoms with Crippen LogP contribution >= 0.6 is 23.5 Å². The fourth-order valence-electron chi connectivity index (χ4n) is 0.0829. The molecule has 0 saturated carbocycles. The third kappa shape index (κ3) is 37.5. The number of nitrogens with one attached hydrogen (secondary N) is 2. The summed E-state index contributed by atoms with van der Waals surface area (Å²) >= 11 is 9.78. The molecule has 10 heteroatoms. The first-order valence-corrected chi connectivity index (χ1v) is 4.62. The average Bonchev–Trinajstić information content (AvgIpc) is 1.87. The molecule has 0 saturated heterocycles. The topological polar surface area (TPSA) is 95.3 Å². The van der Waals surface area contributed by atoms with Crippen LogP contribution in [-0.4, -0.2) is 8.75 Å². The van der Waals surface area contributed by atoms with Crippen LogP contribution in [0.2, 0.25) is 0 Å². The van der Waals surface area contributed by atoms with Crippen molar-refractivity contribution in [2.45, 2.75) is 0 Å². The van der Waals surface area contributed by atoms with E-state index in [1.807, 2.05) is 0 Å². The minimum atomic E-state index is -0.0718. The first kappa shape index (κ1) is 24.6. The Balaban J connectivity index is -0.0000000625. The molecule has 0 aliphatic rings. The molecule has 0 fully saturated rings. The van der Waals surface area contributed by atoms with Crippen LogP contribution in [0.15, 0.2) is 0 Å². The van der Waals surface area contributed by atoms with E-state index in [2.05, 4.69) is 25.3 Å². The van der Waals surface area contributed by atoms with Gasteiger partial charge in [-0.2, -0.15) is 10.5 Å². The zero-order valence-electron chi connectivity index (χ0n) is 7.53. The summed E-state index contributed by atoms with van der Waals surface area (Å²) in [5.41, 5.74) is 0. The van der Waals surface area contributed by atoms with Crippen molar-refractivity contribution in [3.05, 3.63) is 0 Å². The normalized spacial score (nSPS) is 5.57. The van der Waals surface area contributed by atoms with Crippen molar-refractivity contribution in [1.82, 2.24) is 0 Å². The van der Waals surface area contributed by atoms with Gasteiger partial charge in [-0.1, -0.05) is 0 Å². The minimum absolute atomic E-state index is 0. The van der Waals surface area contributed by atoms with E-state index in [1.54, 1.807) is 10.8 Å². The van der Waals surface area contributed by atoms with Crippen molar-refractivity contribution in [2.75, 3.05) is 0 Å². The third-order valence-corrected chi connectivity index (χ3v) is 1.33. The Bertz CT molecular complexity index is 219. The van der Waals surface area contributed by atoms with Gasteiger partial charge in [0.1, 0.15) is 10.8 Å². The van der Waals surface area contributed by atoms with Crippen molar-refractivity contribution < 1.29 is 59.1 Å². The zero-order valence-corrected chi connectivity index (χ0v) is 14.8. The molecule has 0 atom stereocenters. The molecule has 0 radical (unpaired) electrons. The van der Waals surface area contributed by atoms with Crippen molar-refractivity contribution in [3.8, 4) is 10.8 Å². The molecule has 0 amide bonds. The molecule has 0 unspecified atom stereocenters. The molecular weight excluding hydrogens is 278 g/mol. The molecule has 0 bridgehead atoms. The van der Waals surface area contributed by atoms with Gasteiger partial charge in [-0.05, 0) is 32.3 Å². The van der Waals surface area contributed by atoms with Crippen LogP contribution in [0.5, 0.6) is 0 Å². The van der Waals surface area contributed by atoms with Gasteiger partial charge in [-0.25, -0.2) is 0 Å². The van der Waals surface area contributed by atoms with Crippen LogP contribution in [0.3, 0.4) is 0 Å². The van der Waals surface area contributed by atoms with Crippen molar-refractivity contribution in [1.29, 1.82) is 21.3 Å². The second kappa shape index (κ2) is 19.9. The van der Waals surface area contributed by atoms with E-state index < -0.39 is 0 Å². The van der Waals surface area contributed by atoms with E-state index in [-0.39, 0.29) is 67.9 Å². The summed E-state index contributed by atoms with van der Waals surface area (Å²) in [5, 5.41) is 31.7. The second-order valence-electron chi connectivity index (χ2n) is 0.962. The molecule has 2 N–H and O–H groups in total. The molecule has 0 aliphatic carbocycles. The van der Waals surface area contributed by atoms with E-state index in [9.17, 15) is 0 Å². The fraction of sp³-hybridized carbons (Fsp3) is 0. The summed E-state index contributed by atoms with van der Waals surface area (Å²) in [6.07, 6.45) is 0. The predicted octanol–water partition coefficient (Wildman–Crippen LogP) is -4.63. The quantitative estimate of drug-likeness (QED) is 0.152. The van der Waals surface area contributed by atoms with E-state index in [1.165, 1.54) is 0 Å². The predicted molar refractivity (Wildman–Crippen MR) is 56.6 cm³/mol. The molecule has 4 nitrogen and oxygen atoms in total.